The molecule has 0 bridgehead atoms. The fraction of sp³-hybridized carbons (Fsp3) is 0.222. The summed E-state index contributed by atoms with van der Waals surface area (Å²) in [6.07, 6.45) is 2.39. The van der Waals surface area contributed by atoms with Crippen LogP contribution in [0.25, 0.3) is 5.65 Å². The molecule has 2 aromatic heterocycles. The van der Waals surface area contributed by atoms with Crippen molar-refractivity contribution in [3.8, 4) is 5.75 Å². The lowest BCUT2D eigenvalue weighted by molar-refractivity contribution is 0.414. The molecular weight excluding hydrogens is 324 g/mol. The molecule has 1 atom stereocenters. The Morgan fingerprint density at radius 2 is 1.96 bits per heavy atom. The molecule has 24 heavy (non-hydrogen) atoms. The van der Waals surface area contributed by atoms with E-state index in [1.165, 1.54) is 10.5 Å². The van der Waals surface area contributed by atoms with E-state index in [-0.39, 0.29) is 11.3 Å². The van der Waals surface area contributed by atoms with Gasteiger partial charge < -0.3 is 4.74 Å². The zero-order chi connectivity index (χ0) is 16.9. The van der Waals surface area contributed by atoms with Crippen molar-refractivity contribution in [1.29, 1.82) is 0 Å². The van der Waals surface area contributed by atoms with Gasteiger partial charge in [-0.25, -0.2) is 4.98 Å². The van der Waals surface area contributed by atoms with Gasteiger partial charge in [-0.3, -0.25) is 13.4 Å². The van der Waals surface area contributed by atoms with Gasteiger partial charge in [-0.2, -0.15) is 0 Å². The Kier molecular flexibility index (Phi) is 5.05. The predicted molar refractivity (Wildman–Crippen MR) is 94.9 cm³/mol. The molecule has 3 rings (SSSR count). The van der Waals surface area contributed by atoms with Gasteiger partial charge in [-0.15, -0.1) is 0 Å². The van der Waals surface area contributed by atoms with Crippen molar-refractivity contribution in [1.82, 2.24) is 9.38 Å². The van der Waals surface area contributed by atoms with Crippen molar-refractivity contribution in [2.24, 2.45) is 0 Å². The molecule has 0 spiro atoms. The van der Waals surface area contributed by atoms with E-state index in [1.807, 2.05) is 30.3 Å². The number of methoxy groups -OCH3 is 1. The van der Waals surface area contributed by atoms with Crippen molar-refractivity contribution in [3.63, 3.8) is 0 Å². The molecule has 6 heteroatoms. The number of fused-ring (bicyclic) bond motifs is 1. The Hall–Kier alpha value is -2.47. The van der Waals surface area contributed by atoms with Gasteiger partial charge in [0.15, 0.2) is 0 Å². The third-order valence-electron chi connectivity index (χ3n) is 3.71. The zero-order valence-electron chi connectivity index (χ0n) is 13.3. The number of aromatic nitrogens is 2. The predicted octanol–water partition coefficient (Wildman–Crippen LogP) is 2.19. The highest BCUT2D eigenvalue weighted by Crippen LogP contribution is 2.12. The Labute approximate surface area is 142 Å². The average molecular weight is 342 g/mol. The Morgan fingerprint density at radius 3 is 2.71 bits per heavy atom. The maximum absolute atomic E-state index is 12.3. The molecule has 0 amide bonds. The van der Waals surface area contributed by atoms with Crippen LogP contribution in [0, 0.1) is 0 Å². The zero-order valence-corrected chi connectivity index (χ0v) is 14.2. The Balaban J connectivity index is 1.65. The summed E-state index contributed by atoms with van der Waals surface area (Å²) >= 11 is 0. The van der Waals surface area contributed by atoms with Gasteiger partial charge in [0.05, 0.1) is 18.6 Å². The van der Waals surface area contributed by atoms with Crippen LogP contribution in [0.15, 0.2) is 59.5 Å². The fourth-order valence-electron chi connectivity index (χ4n) is 2.44. The lowest BCUT2D eigenvalue weighted by Crippen LogP contribution is -2.16. The van der Waals surface area contributed by atoms with Crippen LogP contribution in [-0.2, 0) is 23.0 Å². The van der Waals surface area contributed by atoms with E-state index >= 15 is 0 Å². The van der Waals surface area contributed by atoms with E-state index in [0.29, 0.717) is 23.5 Å². The molecule has 0 aliphatic carbocycles. The minimum absolute atomic E-state index is 0.150. The van der Waals surface area contributed by atoms with Gasteiger partial charge >= 0.3 is 0 Å². The van der Waals surface area contributed by atoms with Crippen LogP contribution in [0.3, 0.4) is 0 Å². The Morgan fingerprint density at radius 1 is 1.17 bits per heavy atom. The van der Waals surface area contributed by atoms with Gasteiger partial charge in [-0.1, -0.05) is 18.2 Å². The molecule has 2 heterocycles. The van der Waals surface area contributed by atoms with Gasteiger partial charge in [-0.05, 0) is 36.2 Å². The molecule has 5 nitrogen and oxygen atoms in total. The summed E-state index contributed by atoms with van der Waals surface area (Å²) in [5.41, 5.74) is 2.10. The van der Waals surface area contributed by atoms with E-state index in [2.05, 4.69) is 4.98 Å². The summed E-state index contributed by atoms with van der Waals surface area (Å²) in [5, 5.41) is 0. The first-order valence-corrected chi connectivity index (χ1v) is 9.10. The molecule has 0 saturated carbocycles. The molecule has 0 radical (unpaired) electrons. The number of pyridine rings is 1. The largest absolute Gasteiger partial charge is 0.497 e. The van der Waals surface area contributed by atoms with E-state index in [1.54, 1.807) is 25.4 Å². The maximum Gasteiger partial charge on any atom is 0.258 e. The van der Waals surface area contributed by atoms with Crippen molar-refractivity contribution in [3.05, 3.63) is 76.3 Å². The van der Waals surface area contributed by atoms with Crippen LogP contribution < -0.4 is 10.3 Å². The molecule has 0 aliphatic heterocycles. The summed E-state index contributed by atoms with van der Waals surface area (Å²) in [7, 11) is 0.556. The van der Waals surface area contributed by atoms with Crippen LogP contribution >= 0.6 is 0 Å². The maximum atomic E-state index is 12.3. The second-order valence-corrected chi connectivity index (χ2v) is 6.98. The molecule has 0 aliphatic rings. The monoisotopic (exact) mass is 342 g/mol. The average Bonchev–Trinajstić information content (AvgIpc) is 2.60. The van der Waals surface area contributed by atoms with Crippen LogP contribution in [-0.4, -0.2) is 26.5 Å². The smallest absolute Gasteiger partial charge is 0.258 e. The van der Waals surface area contributed by atoms with Crippen LogP contribution in [0.2, 0.25) is 0 Å². The SMILES string of the molecule is COc1ccc(CC[S@@](=O)Cc2cc(=O)n3ccccc3n2)cc1. The second kappa shape index (κ2) is 7.40. The van der Waals surface area contributed by atoms with Crippen molar-refractivity contribution < 1.29 is 8.95 Å². The van der Waals surface area contributed by atoms with Gasteiger partial charge in [0.1, 0.15) is 11.4 Å². The van der Waals surface area contributed by atoms with Gasteiger partial charge in [0, 0.05) is 28.8 Å². The summed E-state index contributed by atoms with van der Waals surface area (Å²) in [6.45, 7) is 0. The van der Waals surface area contributed by atoms with Crippen LogP contribution in [0.4, 0.5) is 0 Å². The fourth-order valence-corrected chi connectivity index (χ4v) is 3.52. The van der Waals surface area contributed by atoms with E-state index in [4.69, 9.17) is 4.74 Å². The number of rotatable bonds is 6. The third-order valence-corrected chi connectivity index (χ3v) is 4.99. The lowest BCUT2D eigenvalue weighted by atomic mass is 10.2. The first-order valence-electron chi connectivity index (χ1n) is 7.61. The number of benzene rings is 1. The summed E-state index contributed by atoms with van der Waals surface area (Å²) in [4.78, 5) is 16.4. The summed E-state index contributed by atoms with van der Waals surface area (Å²) in [5.74, 6) is 1.62. The highest BCUT2D eigenvalue weighted by atomic mass is 32.2. The van der Waals surface area contributed by atoms with E-state index < -0.39 is 10.8 Å². The van der Waals surface area contributed by atoms with Crippen molar-refractivity contribution >= 4 is 16.4 Å². The lowest BCUT2D eigenvalue weighted by Gasteiger charge is -2.05. The molecule has 0 fully saturated rings. The Bertz CT molecular complexity index is 919. The highest BCUT2D eigenvalue weighted by molar-refractivity contribution is 7.84. The molecule has 0 saturated heterocycles. The topological polar surface area (TPSA) is 60.7 Å². The molecule has 1 aromatic carbocycles. The highest BCUT2D eigenvalue weighted by Gasteiger charge is 2.07. The molecule has 0 unspecified atom stereocenters. The number of hydrogen-bond donors (Lipinski definition) is 0. The van der Waals surface area contributed by atoms with Gasteiger partial charge in [0.2, 0.25) is 0 Å². The minimum Gasteiger partial charge on any atom is -0.497 e. The number of ether oxygens (including phenoxy) is 1. The molecule has 3 aromatic rings. The number of hydrogen-bond acceptors (Lipinski definition) is 4. The molecule has 0 N–H and O–H groups in total. The normalized spacial score (nSPS) is 12.2. The van der Waals surface area contributed by atoms with Crippen molar-refractivity contribution in [2.75, 3.05) is 12.9 Å². The quantitative estimate of drug-likeness (QED) is 0.689. The summed E-state index contributed by atoms with van der Waals surface area (Å²) in [6, 6.07) is 14.6. The van der Waals surface area contributed by atoms with Crippen LogP contribution in [0.1, 0.15) is 11.3 Å². The second-order valence-electron chi connectivity index (χ2n) is 5.40. The third kappa shape index (κ3) is 3.89. The van der Waals surface area contributed by atoms with Gasteiger partial charge in [0.25, 0.3) is 5.56 Å². The standard InChI is InChI=1S/C18H18N2O3S/c1-23-16-7-5-14(6-8-16)9-11-24(22)13-15-12-18(21)20-10-3-2-4-17(20)19-15/h2-8,10,12H,9,11,13H2,1H3/t24-/m1/s1. The first kappa shape index (κ1) is 16.4. The van der Waals surface area contributed by atoms with Crippen LogP contribution in [0.5, 0.6) is 5.75 Å². The van der Waals surface area contributed by atoms with Crippen molar-refractivity contribution in [2.45, 2.75) is 12.2 Å². The van der Waals surface area contributed by atoms with E-state index in [9.17, 15) is 9.00 Å². The summed E-state index contributed by atoms with van der Waals surface area (Å²) < 4.78 is 18.9. The number of aryl methyl sites for hydroxylation is 1. The minimum atomic E-state index is -1.07. The molecular formula is C18H18N2O3S. The molecule has 124 valence electrons. The van der Waals surface area contributed by atoms with E-state index in [0.717, 1.165) is 11.3 Å². The number of nitrogens with zero attached hydrogens (tertiary/aromatic N) is 2. The first-order chi connectivity index (χ1) is 11.7.